The Labute approximate surface area is 136 Å². The van der Waals surface area contributed by atoms with Crippen LogP contribution in [0.5, 0.6) is 0 Å². The molecular formula is C17H23N3O3. The van der Waals surface area contributed by atoms with Crippen LogP contribution in [0.4, 0.5) is 0 Å². The summed E-state index contributed by atoms with van der Waals surface area (Å²) < 4.78 is 4.59. The molecule has 3 rings (SSSR count). The maximum Gasteiger partial charge on any atom is 0.306 e. The third-order valence-corrected chi connectivity index (χ3v) is 4.80. The van der Waals surface area contributed by atoms with Gasteiger partial charge in [-0.15, -0.1) is 0 Å². The first-order chi connectivity index (χ1) is 11.2. The fraction of sp³-hybridized carbons (Fsp3) is 0.588. The van der Waals surface area contributed by atoms with Gasteiger partial charge >= 0.3 is 5.97 Å². The zero-order chi connectivity index (χ0) is 16.2. The minimum atomic E-state index is -0.320. The first kappa shape index (κ1) is 15.9. The molecule has 3 heterocycles. The summed E-state index contributed by atoms with van der Waals surface area (Å²) in [6.07, 6.45) is 2.25. The topological polar surface area (TPSA) is 62.7 Å². The Morgan fingerprint density at radius 1 is 1.17 bits per heavy atom. The molecule has 6 nitrogen and oxygen atoms in total. The number of fused-ring (bicyclic) bond motifs is 1. The molecule has 1 aromatic heterocycles. The highest BCUT2D eigenvalue weighted by Crippen LogP contribution is 2.32. The lowest BCUT2D eigenvalue weighted by molar-refractivity contribution is -0.143. The van der Waals surface area contributed by atoms with Gasteiger partial charge in [0.15, 0.2) is 0 Å². The third-order valence-electron chi connectivity index (χ3n) is 4.80. The Morgan fingerprint density at radius 3 is 2.52 bits per heavy atom. The molecule has 1 aromatic rings. The van der Waals surface area contributed by atoms with Crippen molar-refractivity contribution in [1.82, 2.24) is 14.8 Å². The molecule has 6 heteroatoms. The van der Waals surface area contributed by atoms with Crippen molar-refractivity contribution >= 4 is 11.9 Å². The molecule has 0 aliphatic carbocycles. The van der Waals surface area contributed by atoms with Crippen molar-refractivity contribution in [2.24, 2.45) is 11.8 Å². The average molecular weight is 317 g/mol. The van der Waals surface area contributed by atoms with E-state index < -0.39 is 0 Å². The van der Waals surface area contributed by atoms with Crippen LogP contribution in [0.3, 0.4) is 0 Å². The van der Waals surface area contributed by atoms with Gasteiger partial charge in [0.2, 0.25) is 5.91 Å². The van der Waals surface area contributed by atoms with Crippen LogP contribution in [0.1, 0.15) is 18.5 Å². The maximum atomic E-state index is 12.2. The molecule has 1 amide bonds. The number of ether oxygens (including phenoxy) is 1. The second kappa shape index (κ2) is 7.08. The second-order valence-electron chi connectivity index (χ2n) is 6.41. The van der Waals surface area contributed by atoms with Crippen LogP contribution in [0.25, 0.3) is 0 Å². The van der Waals surface area contributed by atoms with Crippen LogP contribution >= 0.6 is 0 Å². The van der Waals surface area contributed by atoms with E-state index in [9.17, 15) is 9.59 Å². The minimum absolute atomic E-state index is 0.0704. The zero-order valence-electron chi connectivity index (χ0n) is 13.5. The van der Waals surface area contributed by atoms with E-state index in [2.05, 4.69) is 20.7 Å². The van der Waals surface area contributed by atoms with E-state index in [0.717, 1.165) is 38.4 Å². The van der Waals surface area contributed by atoms with Gasteiger partial charge in [-0.25, -0.2) is 0 Å². The van der Waals surface area contributed by atoms with Crippen LogP contribution in [0.2, 0.25) is 0 Å². The maximum absolute atomic E-state index is 12.2. The Balaban J connectivity index is 1.46. The average Bonchev–Trinajstić information content (AvgIpc) is 3.11. The minimum Gasteiger partial charge on any atom is -0.469 e. The summed E-state index contributed by atoms with van der Waals surface area (Å²) in [5, 5.41) is 0. The largest absolute Gasteiger partial charge is 0.469 e. The molecule has 124 valence electrons. The summed E-state index contributed by atoms with van der Waals surface area (Å²) in [6, 6.07) is 6.00. The smallest absolute Gasteiger partial charge is 0.306 e. The Bertz CT molecular complexity index is 549. The fourth-order valence-corrected chi connectivity index (χ4v) is 3.61. The molecule has 2 saturated heterocycles. The first-order valence-corrected chi connectivity index (χ1v) is 8.12. The molecule has 2 fully saturated rings. The second-order valence-corrected chi connectivity index (χ2v) is 6.41. The summed E-state index contributed by atoms with van der Waals surface area (Å²) in [5.41, 5.74) is 1.10. The summed E-state index contributed by atoms with van der Waals surface area (Å²) in [6.45, 7) is 4.53. The van der Waals surface area contributed by atoms with Gasteiger partial charge in [0.05, 0.1) is 19.2 Å². The molecule has 0 spiro atoms. The number of carbonyl (C=O) groups excluding carboxylic acids is 2. The van der Waals surface area contributed by atoms with Crippen LogP contribution in [-0.2, 0) is 20.9 Å². The number of carbonyl (C=O) groups is 2. The number of pyridine rings is 1. The van der Waals surface area contributed by atoms with Crippen molar-refractivity contribution in [3.8, 4) is 0 Å². The number of amides is 1. The molecular weight excluding hydrogens is 294 g/mol. The van der Waals surface area contributed by atoms with E-state index in [1.54, 1.807) is 0 Å². The van der Waals surface area contributed by atoms with Crippen LogP contribution < -0.4 is 0 Å². The summed E-state index contributed by atoms with van der Waals surface area (Å²) in [5.74, 6) is 0.835. The van der Waals surface area contributed by atoms with Gasteiger partial charge in [0.25, 0.3) is 0 Å². The van der Waals surface area contributed by atoms with Crippen molar-refractivity contribution in [3.05, 3.63) is 30.1 Å². The molecule has 2 aliphatic rings. The highest BCUT2D eigenvalue weighted by molar-refractivity contribution is 5.81. The van der Waals surface area contributed by atoms with E-state index in [4.69, 9.17) is 0 Å². The van der Waals surface area contributed by atoms with E-state index >= 15 is 0 Å². The molecule has 2 atom stereocenters. The predicted octanol–water partition coefficient (Wildman–Crippen LogP) is 0.925. The van der Waals surface area contributed by atoms with E-state index in [0.29, 0.717) is 11.8 Å². The van der Waals surface area contributed by atoms with Crippen molar-refractivity contribution < 1.29 is 14.3 Å². The molecule has 0 radical (unpaired) electrons. The predicted molar refractivity (Wildman–Crippen MR) is 84.3 cm³/mol. The highest BCUT2D eigenvalue weighted by atomic mass is 16.5. The van der Waals surface area contributed by atoms with Gasteiger partial charge in [0, 0.05) is 45.3 Å². The number of nitrogens with zero attached hydrogens (tertiary/aromatic N) is 3. The van der Waals surface area contributed by atoms with Crippen LogP contribution in [0.15, 0.2) is 24.4 Å². The van der Waals surface area contributed by atoms with Crippen molar-refractivity contribution in [1.29, 1.82) is 0 Å². The number of aromatic nitrogens is 1. The number of methoxy groups -OCH3 is 1. The standard InChI is InChI=1S/C17H23N3O3/c1-23-17(22)6-5-16(21)20-10-13-8-19(9-14(13)11-20)12-15-4-2-3-7-18-15/h2-4,7,13-14H,5-6,8-12H2,1H3. The van der Waals surface area contributed by atoms with Gasteiger partial charge in [-0.3, -0.25) is 19.5 Å². The number of rotatable bonds is 5. The Kier molecular flexibility index (Phi) is 4.91. The lowest BCUT2D eigenvalue weighted by Gasteiger charge is -2.21. The zero-order valence-corrected chi connectivity index (χ0v) is 13.5. The molecule has 0 bridgehead atoms. The normalized spacial score (nSPS) is 23.8. The van der Waals surface area contributed by atoms with Crippen LogP contribution in [0, 0.1) is 11.8 Å². The number of esters is 1. The monoisotopic (exact) mass is 317 g/mol. The van der Waals surface area contributed by atoms with Gasteiger partial charge < -0.3 is 9.64 Å². The molecule has 2 unspecified atom stereocenters. The quantitative estimate of drug-likeness (QED) is 0.756. The highest BCUT2D eigenvalue weighted by Gasteiger charge is 2.41. The number of hydrogen-bond donors (Lipinski definition) is 0. The number of hydrogen-bond acceptors (Lipinski definition) is 5. The summed E-state index contributed by atoms with van der Waals surface area (Å²) in [7, 11) is 1.35. The fourth-order valence-electron chi connectivity index (χ4n) is 3.61. The van der Waals surface area contributed by atoms with Gasteiger partial charge in [0.1, 0.15) is 0 Å². The number of likely N-dealkylation sites (tertiary alicyclic amines) is 2. The third kappa shape index (κ3) is 3.88. The van der Waals surface area contributed by atoms with Crippen molar-refractivity contribution in [3.63, 3.8) is 0 Å². The molecule has 0 aromatic carbocycles. The van der Waals surface area contributed by atoms with Gasteiger partial charge in [-0.05, 0) is 24.0 Å². The Morgan fingerprint density at radius 2 is 1.91 bits per heavy atom. The van der Waals surface area contributed by atoms with Gasteiger partial charge in [-0.1, -0.05) is 6.07 Å². The lowest BCUT2D eigenvalue weighted by Crippen LogP contribution is -2.33. The van der Waals surface area contributed by atoms with E-state index in [1.807, 2.05) is 23.2 Å². The van der Waals surface area contributed by atoms with Crippen molar-refractivity contribution in [2.45, 2.75) is 19.4 Å². The first-order valence-electron chi connectivity index (χ1n) is 8.12. The molecule has 23 heavy (non-hydrogen) atoms. The SMILES string of the molecule is COC(=O)CCC(=O)N1CC2CN(Cc3ccccn3)CC2C1. The van der Waals surface area contributed by atoms with E-state index in [-0.39, 0.29) is 24.7 Å². The Hall–Kier alpha value is -1.95. The lowest BCUT2D eigenvalue weighted by atomic mass is 10.0. The molecule has 0 N–H and O–H groups in total. The molecule has 2 aliphatic heterocycles. The van der Waals surface area contributed by atoms with Crippen LogP contribution in [-0.4, -0.2) is 59.9 Å². The van der Waals surface area contributed by atoms with Gasteiger partial charge in [-0.2, -0.15) is 0 Å². The summed E-state index contributed by atoms with van der Waals surface area (Å²) in [4.78, 5) is 32.0. The van der Waals surface area contributed by atoms with Crippen molar-refractivity contribution in [2.75, 3.05) is 33.3 Å². The van der Waals surface area contributed by atoms with E-state index in [1.165, 1.54) is 7.11 Å². The molecule has 0 saturated carbocycles. The summed E-state index contributed by atoms with van der Waals surface area (Å²) >= 11 is 0.